The monoisotopic (exact) mass is 517 g/mol. The van der Waals surface area contributed by atoms with E-state index in [1.807, 2.05) is 66.7 Å². The van der Waals surface area contributed by atoms with Crippen LogP contribution in [0.25, 0.3) is 10.8 Å². The van der Waals surface area contributed by atoms with Gasteiger partial charge in [0.2, 0.25) is 0 Å². The zero-order chi connectivity index (χ0) is 24.9. The number of hydrazone groups is 1. The Kier molecular flexibility index (Phi) is 7.40. The summed E-state index contributed by atoms with van der Waals surface area (Å²) in [6, 6.07) is 24.8. The van der Waals surface area contributed by atoms with Gasteiger partial charge in [0, 0.05) is 45.5 Å². The summed E-state index contributed by atoms with van der Waals surface area (Å²) >= 11 is 12.3. The van der Waals surface area contributed by atoms with E-state index in [1.54, 1.807) is 18.3 Å². The summed E-state index contributed by atoms with van der Waals surface area (Å²) in [5, 5.41) is 7.37. The lowest BCUT2D eigenvalue weighted by Gasteiger charge is -2.17. The van der Waals surface area contributed by atoms with Gasteiger partial charge in [-0.05, 0) is 66.1 Å². The Labute approximate surface area is 220 Å². The first-order chi connectivity index (χ1) is 17.6. The number of hydrogen-bond acceptors (Lipinski definition) is 4. The minimum Gasteiger partial charge on any atom is -0.488 e. The lowest BCUT2D eigenvalue weighted by Crippen LogP contribution is -2.19. The third kappa shape index (κ3) is 5.48. The summed E-state index contributed by atoms with van der Waals surface area (Å²) in [5.74, 6) is 0.363. The normalized spacial score (nSPS) is 13.4. The summed E-state index contributed by atoms with van der Waals surface area (Å²) in [5.41, 5.74) is 5.93. The van der Waals surface area contributed by atoms with E-state index < -0.39 is 0 Å². The molecule has 1 aliphatic heterocycles. The summed E-state index contributed by atoms with van der Waals surface area (Å²) in [6.45, 7) is 2.40. The van der Waals surface area contributed by atoms with E-state index in [0.717, 1.165) is 40.7 Å². The molecular weight excluding hydrogens is 493 g/mol. The predicted molar refractivity (Wildman–Crippen MR) is 148 cm³/mol. The van der Waals surface area contributed by atoms with Crippen molar-refractivity contribution < 1.29 is 9.53 Å². The zero-order valence-corrected chi connectivity index (χ0v) is 21.1. The smallest absolute Gasteiger partial charge is 0.271 e. The molecule has 0 atom stereocenters. The number of fused-ring (bicyclic) bond motifs is 1. The van der Waals surface area contributed by atoms with Gasteiger partial charge < -0.3 is 9.64 Å². The van der Waals surface area contributed by atoms with Crippen molar-refractivity contribution in [3.05, 3.63) is 106 Å². The maximum absolute atomic E-state index is 12.7. The molecular formula is C29H25Cl2N3O2. The quantitative estimate of drug-likeness (QED) is 0.210. The highest BCUT2D eigenvalue weighted by atomic mass is 35.5. The van der Waals surface area contributed by atoms with E-state index in [4.69, 9.17) is 27.9 Å². The predicted octanol–water partition coefficient (Wildman–Crippen LogP) is 7.09. The van der Waals surface area contributed by atoms with Crippen LogP contribution in [-0.4, -0.2) is 25.2 Å². The average Bonchev–Trinajstić information content (AvgIpc) is 3.44. The number of ether oxygens (including phenoxy) is 1. The van der Waals surface area contributed by atoms with Crippen molar-refractivity contribution in [1.29, 1.82) is 0 Å². The van der Waals surface area contributed by atoms with Gasteiger partial charge in [-0.25, -0.2) is 5.43 Å². The Balaban J connectivity index is 1.33. The maximum Gasteiger partial charge on any atom is 0.271 e. The molecule has 0 spiro atoms. The van der Waals surface area contributed by atoms with Crippen molar-refractivity contribution in [3.63, 3.8) is 0 Å². The van der Waals surface area contributed by atoms with Crippen molar-refractivity contribution in [2.45, 2.75) is 19.4 Å². The highest BCUT2D eigenvalue weighted by molar-refractivity contribution is 6.35. The van der Waals surface area contributed by atoms with Gasteiger partial charge in [0.05, 0.1) is 6.21 Å². The molecule has 0 aliphatic carbocycles. The highest BCUT2D eigenvalue weighted by Crippen LogP contribution is 2.29. The molecule has 1 N–H and O–H groups in total. The first-order valence-electron chi connectivity index (χ1n) is 11.9. The molecule has 182 valence electrons. The SMILES string of the molecule is O=C(N/N=C\c1c(OCc2ccc(Cl)cc2Cl)ccc2ccccc12)c1ccc(N2CCCC2)cc1. The van der Waals surface area contributed by atoms with Crippen LogP contribution in [0.5, 0.6) is 5.75 Å². The van der Waals surface area contributed by atoms with E-state index in [0.29, 0.717) is 21.4 Å². The molecule has 0 radical (unpaired) electrons. The van der Waals surface area contributed by atoms with Gasteiger partial charge >= 0.3 is 0 Å². The fraction of sp³-hybridized carbons (Fsp3) is 0.172. The number of anilines is 1. The topological polar surface area (TPSA) is 53.9 Å². The second-order valence-corrected chi connectivity index (χ2v) is 9.51. The second kappa shape index (κ2) is 11.0. The molecule has 4 aromatic rings. The van der Waals surface area contributed by atoms with Gasteiger partial charge in [0.15, 0.2) is 0 Å². The van der Waals surface area contributed by atoms with Gasteiger partial charge in [-0.3, -0.25) is 4.79 Å². The molecule has 5 rings (SSSR count). The van der Waals surface area contributed by atoms with Gasteiger partial charge in [0.25, 0.3) is 5.91 Å². The lowest BCUT2D eigenvalue weighted by molar-refractivity contribution is 0.0955. The molecule has 4 aromatic carbocycles. The van der Waals surface area contributed by atoms with E-state index in [9.17, 15) is 4.79 Å². The number of halogens is 2. The van der Waals surface area contributed by atoms with Crippen LogP contribution >= 0.6 is 23.2 Å². The summed E-state index contributed by atoms with van der Waals surface area (Å²) < 4.78 is 6.12. The van der Waals surface area contributed by atoms with Crippen molar-refractivity contribution in [3.8, 4) is 5.75 Å². The number of amides is 1. The molecule has 5 nitrogen and oxygen atoms in total. The van der Waals surface area contributed by atoms with Crippen LogP contribution in [0.15, 0.2) is 84.0 Å². The first kappa shape index (κ1) is 24.2. The van der Waals surface area contributed by atoms with Crippen LogP contribution in [0.2, 0.25) is 10.0 Å². The lowest BCUT2D eigenvalue weighted by atomic mass is 10.0. The Hall–Kier alpha value is -3.54. The van der Waals surface area contributed by atoms with Gasteiger partial charge in [-0.2, -0.15) is 5.10 Å². The van der Waals surface area contributed by atoms with Crippen molar-refractivity contribution in [2.75, 3.05) is 18.0 Å². The van der Waals surface area contributed by atoms with Gasteiger partial charge in [-0.1, -0.05) is 59.6 Å². The zero-order valence-electron chi connectivity index (χ0n) is 19.6. The summed E-state index contributed by atoms with van der Waals surface area (Å²) in [6.07, 6.45) is 4.05. The number of carbonyl (C=O) groups excluding carboxylic acids is 1. The number of hydrogen-bond donors (Lipinski definition) is 1. The van der Waals surface area contributed by atoms with Crippen LogP contribution in [0.4, 0.5) is 5.69 Å². The van der Waals surface area contributed by atoms with Crippen LogP contribution in [0.3, 0.4) is 0 Å². The number of benzene rings is 4. The Morgan fingerprint density at radius 2 is 1.75 bits per heavy atom. The van der Waals surface area contributed by atoms with Crippen LogP contribution < -0.4 is 15.1 Å². The Bertz CT molecular complexity index is 1410. The molecule has 0 saturated carbocycles. The fourth-order valence-electron chi connectivity index (χ4n) is 4.35. The number of nitrogens with zero attached hydrogens (tertiary/aromatic N) is 2. The third-order valence-corrected chi connectivity index (χ3v) is 6.88. The summed E-state index contributed by atoms with van der Waals surface area (Å²) in [4.78, 5) is 15.0. The van der Waals surface area contributed by atoms with Gasteiger partial charge in [0.1, 0.15) is 12.4 Å². The van der Waals surface area contributed by atoms with E-state index in [2.05, 4.69) is 15.4 Å². The standard InChI is InChI=1S/C29H25Cl2N3O2/c30-23-11-7-22(27(31)17-23)19-36-28-14-10-20-5-1-2-6-25(20)26(28)18-32-33-29(35)21-8-12-24(13-9-21)34-15-3-4-16-34/h1-2,5-14,17-18H,3-4,15-16,19H2,(H,33,35)/b32-18-. The molecule has 1 fully saturated rings. The molecule has 1 heterocycles. The molecule has 0 unspecified atom stereocenters. The molecule has 36 heavy (non-hydrogen) atoms. The molecule has 0 bridgehead atoms. The van der Waals surface area contributed by atoms with E-state index in [-0.39, 0.29) is 12.5 Å². The van der Waals surface area contributed by atoms with E-state index in [1.165, 1.54) is 12.8 Å². The maximum atomic E-state index is 12.7. The molecule has 1 saturated heterocycles. The molecule has 7 heteroatoms. The first-order valence-corrected chi connectivity index (χ1v) is 12.6. The molecule has 1 amide bonds. The van der Waals surface area contributed by atoms with Crippen molar-refractivity contribution >= 4 is 51.8 Å². The van der Waals surface area contributed by atoms with Gasteiger partial charge in [-0.15, -0.1) is 0 Å². The fourth-order valence-corrected chi connectivity index (χ4v) is 4.81. The minimum absolute atomic E-state index is 0.269. The number of carbonyl (C=O) groups is 1. The molecule has 0 aromatic heterocycles. The minimum atomic E-state index is -0.269. The van der Waals surface area contributed by atoms with Crippen molar-refractivity contribution in [1.82, 2.24) is 5.43 Å². The Morgan fingerprint density at radius 1 is 0.972 bits per heavy atom. The van der Waals surface area contributed by atoms with Crippen molar-refractivity contribution in [2.24, 2.45) is 5.10 Å². The third-order valence-electron chi connectivity index (χ3n) is 6.29. The Morgan fingerprint density at radius 3 is 2.53 bits per heavy atom. The second-order valence-electron chi connectivity index (χ2n) is 8.66. The molecule has 1 aliphatic rings. The summed E-state index contributed by atoms with van der Waals surface area (Å²) in [7, 11) is 0. The average molecular weight is 518 g/mol. The van der Waals surface area contributed by atoms with Crippen LogP contribution in [-0.2, 0) is 6.61 Å². The van der Waals surface area contributed by atoms with Crippen LogP contribution in [0, 0.1) is 0 Å². The number of rotatable bonds is 7. The number of nitrogens with one attached hydrogen (secondary N) is 1. The highest BCUT2D eigenvalue weighted by Gasteiger charge is 2.13. The van der Waals surface area contributed by atoms with E-state index >= 15 is 0 Å². The largest absolute Gasteiger partial charge is 0.488 e. The van der Waals surface area contributed by atoms with Crippen LogP contribution in [0.1, 0.15) is 34.3 Å².